The number of para-hydroxylation sites is 1. The quantitative estimate of drug-likeness (QED) is 0.881. The number of methoxy groups -OCH3 is 1. The number of fused-ring (bicyclic) bond motifs is 1. The number of aromatic nitrogens is 2. The van der Waals surface area contributed by atoms with Crippen LogP contribution in [0, 0.1) is 4.77 Å². The number of aromatic amines is 1. The first-order chi connectivity index (χ1) is 9.76. The van der Waals surface area contributed by atoms with Gasteiger partial charge in [-0.3, -0.25) is 4.90 Å². The number of hydrogen-bond acceptors (Lipinski definition) is 4. The molecule has 0 aliphatic carbocycles. The van der Waals surface area contributed by atoms with Gasteiger partial charge in [-0.05, 0) is 18.3 Å². The molecule has 1 aliphatic rings. The number of hydrogen-bond donors (Lipinski definition) is 1. The van der Waals surface area contributed by atoms with Crippen LogP contribution in [0.3, 0.4) is 0 Å². The highest BCUT2D eigenvalue weighted by Gasteiger charge is 2.18. The number of rotatable bonds is 3. The topological polar surface area (TPSA) is 41.1 Å². The van der Waals surface area contributed by atoms with E-state index in [0.717, 1.165) is 31.8 Å². The van der Waals surface area contributed by atoms with Crippen LogP contribution < -0.4 is 4.74 Å². The maximum atomic E-state index is 5.41. The lowest BCUT2D eigenvalue weighted by Crippen LogP contribution is -2.31. The summed E-state index contributed by atoms with van der Waals surface area (Å²) in [6, 6.07) is 8.17. The molecule has 0 amide bonds. The smallest absolute Gasteiger partial charge is 0.196 e. The Bertz CT molecular complexity index is 668. The number of ether oxygens (including phenoxy) is 1. The largest absolute Gasteiger partial charge is 0.496 e. The van der Waals surface area contributed by atoms with Crippen molar-refractivity contribution in [2.45, 2.75) is 19.5 Å². The lowest BCUT2D eigenvalue weighted by molar-refractivity contribution is 0.239. The standard InChI is InChI=1S/C15H17N3OS/c1-19-14-5-3-2-4-11(14)9-18-7-6-13-12(10-18)8-16-15(20)17-13/h2-5,8H,6-7,9-10H2,1H3,(H,16,17,20). The molecule has 0 spiro atoms. The zero-order valence-corrected chi connectivity index (χ0v) is 12.2. The fourth-order valence-corrected chi connectivity index (χ4v) is 2.79. The summed E-state index contributed by atoms with van der Waals surface area (Å²) < 4.78 is 5.98. The van der Waals surface area contributed by atoms with Gasteiger partial charge >= 0.3 is 0 Å². The molecular formula is C15H17N3OS. The van der Waals surface area contributed by atoms with Crippen molar-refractivity contribution in [2.75, 3.05) is 13.7 Å². The Morgan fingerprint density at radius 3 is 3.10 bits per heavy atom. The molecule has 0 atom stereocenters. The van der Waals surface area contributed by atoms with Crippen molar-refractivity contribution >= 4 is 12.2 Å². The first kappa shape index (κ1) is 13.3. The van der Waals surface area contributed by atoms with Crippen molar-refractivity contribution < 1.29 is 4.74 Å². The first-order valence-corrected chi connectivity index (χ1v) is 7.08. The van der Waals surface area contributed by atoms with Gasteiger partial charge in [0.05, 0.1) is 7.11 Å². The summed E-state index contributed by atoms with van der Waals surface area (Å²) in [6.45, 7) is 2.80. The molecule has 0 saturated carbocycles. The van der Waals surface area contributed by atoms with E-state index in [-0.39, 0.29) is 0 Å². The highest BCUT2D eigenvalue weighted by molar-refractivity contribution is 7.71. The SMILES string of the molecule is COc1ccccc1CN1CCc2[nH]c(=S)ncc2C1. The average molecular weight is 287 g/mol. The fourth-order valence-electron chi connectivity index (χ4n) is 2.61. The number of nitrogens with one attached hydrogen (secondary N) is 1. The van der Waals surface area contributed by atoms with Gasteiger partial charge in [0.2, 0.25) is 0 Å². The van der Waals surface area contributed by atoms with Crippen LogP contribution in [0.15, 0.2) is 30.5 Å². The van der Waals surface area contributed by atoms with Gasteiger partial charge in [0, 0.05) is 49.1 Å². The van der Waals surface area contributed by atoms with Crippen LogP contribution in [-0.4, -0.2) is 28.5 Å². The highest BCUT2D eigenvalue weighted by atomic mass is 32.1. The first-order valence-electron chi connectivity index (χ1n) is 6.67. The van der Waals surface area contributed by atoms with E-state index >= 15 is 0 Å². The minimum Gasteiger partial charge on any atom is -0.496 e. The molecule has 0 saturated heterocycles. The van der Waals surface area contributed by atoms with Gasteiger partial charge in [0.1, 0.15) is 5.75 Å². The minimum atomic E-state index is 0.571. The summed E-state index contributed by atoms with van der Waals surface area (Å²) in [6.07, 6.45) is 2.87. The van der Waals surface area contributed by atoms with Gasteiger partial charge in [0.15, 0.2) is 4.77 Å². The molecule has 1 aliphatic heterocycles. The predicted molar refractivity (Wildman–Crippen MR) is 80.2 cm³/mol. The Hall–Kier alpha value is -1.72. The van der Waals surface area contributed by atoms with Crippen molar-refractivity contribution in [2.24, 2.45) is 0 Å². The van der Waals surface area contributed by atoms with Crippen molar-refractivity contribution in [3.8, 4) is 5.75 Å². The van der Waals surface area contributed by atoms with Gasteiger partial charge in [0.25, 0.3) is 0 Å². The monoisotopic (exact) mass is 287 g/mol. The fraction of sp³-hybridized carbons (Fsp3) is 0.333. The summed E-state index contributed by atoms with van der Waals surface area (Å²) in [4.78, 5) is 9.76. The summed E-state index contributed by atoms with van der Waals surface area (Å²) >= 11 is 5.07. The van der Waals surface area contributed by atoms with Gasteiger partial charge in [-0.2, -0.15) is 0 Å². The van der Waals surface area contributed by atoms with Gasteiger partial charge in [-0.15, -0.1) is 0 Å². The molecule has 1 aromatic heterocycles. The molecule has 1 N–H and O–H groups in total. The Morgan fingerprint density at radius 1 is 1.40 bits per heavy atom. The molecule has 104 valence electrons. The number of benzene rings is 1. The van der Waals surface area contributed by atoms with E-state index in [0.29, 0.717) is 4.77 Å². The summed E-state index contributed by atoms with van der Waals surface area (Å²) in [7, 11) is 1.72. The molecule has 0 unspecified atom stereocenters. The van der Waals surface area contributed by atoms with Crippen LogP contribution in [0.4, 0.5) is 0 Å². The summed E-state index contributed by atoms with van der Waals surface area (Å²) in [5, 5.41) is 0. The summed E-state index contributed by atoms with van der Waals surface area (Å²) in [5.41, 5.74) is 3.68. The van der Waals surface area contributed by atoms with E-state index < -0.39 is 0 Å². The molecule has 3 rings (SSSR count). The second kappa shape index (κ2) is 5.73. The molecular weight excluding hydrogens is 270 g/mol. The van der Waals surface area contributed by atoms with Gasteiger partial charge < -0.3 is 9.72 Å². The van der Waals surface area contributed by atoms with E-state index in [9.17, 15) is 0 Å². The normalized spacial score (nSPS) is 14.8. The lowest BCUT2D eigenvalue weighted by Gasteiger charge is -2.28. The molecule has 0 bridgehead atoms. The van der Waals surface area contributed by atoms with Crippen molar-refractivity contribution in [3.05, 3.63) is 52.1 Å². The predicted octanol–water partition coefficient (Wildman–Crippen LogP) is 2.71. The van der Waals surface area contributed by atoms with E-state index in [1.54, 1.807) is 7.11 Å². The van der Waals surface area contributed by atoms with E-state index in [4.69, 9.17) is 17.0 Å². The van der Waals surface area contributed by atoms with Gasteiger partial charge in [-0.1, -0.05) is 18.2 Å². The van der Waals surface area contributed by atoms with Crippen molar-refractivity contribution in [1.82, 2.24) is 14.9 Å². The molecule has 2 heterocycles. The third-order valence-electron chi connectivity index (χ3n) is 3.64. The maximum Gasteiger partial charge on any atom is 0.196 e. The van der Waals surface area contributed by atoms with Crippen molar-refractivity contribution in [3.63, 3.8) is 0 Å². The van der Waals surface area contributed by atoms with Crippen LogP contribution in [0.25, 0.3) is 0 Å². The van der Waals surface area contributed by atoms with E-state index in [1.165, 1.54) is 16.8 Å². The van der Waals surface area contributed by atoms with E-state index in [1.807, 2.05) is 18.3 Å². The third kappa shape index (κ3) is 2.73. The molecule has 20 heavy (non-hydrogen) atoms. The summed E-state index contributed by atoms with van der Waals surface area (Å²) in [5.74, 6) is 0.948. The zero-order chi connectivity index (χ0) is 13.9. The highest BCUT2D eigenvalue weighted by Crippen LogP contribution is 2.23. The van der Waals surface area contributed by atoms with Crippen molar-refractivity contribution in [1.29, 1.82) is 0 Å². The van der Waals surface area contributed by atoms with Crippen LogP contribution in [0.5, 0.6) is 5.75 Å². The second-order valence-corrected chi connectivity index (χ2v) is 5.35. The zero-order valence-electron chi connectivity index (χ0n) is 11.4. The number of H-pyrrole nitrogens is 1. The molecule has 0 fully saturated rings. The van der Waals surface area contributed by atoms with Gasteiger partial charge in [-0.25, -0.2) is 4.98 Å². The lowest BCUT2D eigenvalue weighted by atomic mass is 10.1. The molecule has 4 nitrogen and oxygen atoms in total. The number of nitrogens with zero attached hydrogens (tertiary/aromatic N) is 2. The van der Waals surface area contributed by atoms with Crippen LogP contribution >= 0.6 is 12.2 Å². The van der Waals surface area contributed by atoms with E-state index in [2.05, 4.69) is 27.0 Å². The average Bonchev–Trinajstić information content (AvgIpc) is 2.48. The second-order valence-electron chi connectivity index (χ2n) is 4.96. The molecule has 1 aromatic carbocycles. The Kier molecular flexibility index (Phi) is 3.80. The Labute approximate surface area is 123 Å². The molecule has 0 radical (unpaired) electrons. The molecule has 2 aromatic rings. The van der Waals surface area contributed by atoms with Crippen LogP contribution in [-0.2, 0) is 19.5 Å². The third-order valence-corrected chi connectivity index (χ3v) is 3.85. The van der Waals surface area contributed by atoms with Crippen LogP contribution in [0.1, 0.15) is 16.8 Å². The minimum absolute atomic E-state index is 0.571. The Balaban J connectivity index is 1.77. The van der Waals surface area contributed by atoms with Crippen LogP contribution in [0.2, 0.25) is 0 Å². The molecule has 5 heteroatoms. The Morgan fingerprint density at radius 2 is 2.25 bits per heavy atom. The maximum absolute atomic E-state index is 5.41.